The largest absolute Gasteiger partial charge is 0.338 e. The van der Waals surface area contributed by atoms with Gasteiger partial charge in [0.2, 0.25) is 5.91 Å². The summed E-state index contributed by atoms with van der Waals surface area (Å²) in [7, 11) is 0. The molecule has 1 heterocycles. The molecule has 94 valence electrons. The highest BCUT2D eigenvalue weighted by Crippen LogP contribution is 2.13. The third-order valence-electron chi connectivity index (χ3n) is 2.89. The highest BCUT2D eigenvalue weighted by Gasteiger charge is 2.21. The van der Waals surface area contributed by atoms with Crippen molar-refractivity contribution >= 4 is 5.91 Å². The molecule has 1 aliphatic heterocycles. The summed E-state index contributed by atoms with van der Waals surface area (Å²) in [4.78, 5) is 14.0. The zero-order valence-electron chi connectivity index (χ0n) is 10.9. The van der Waals surface area contributed by atoms with Gasteiger partial charge in [-0.05, 0) is 18.4 Å². The molecule has 0 aromatic rings. The first-order valence-corrected chi connectivity index (χ1v) is 6.11. The molecule has 0 saturated carbocycles. The minimum Gasteiger partial charge on any atom is -0.338 e. The maximum Gasteiger partial charge on any atom is 0.249 e. The monoisotopic (exact) mass is 235 g/mol. The first-order chi connectivity index (χ1) is 8.06. The van der Waals surface area contributed by atoms with E-state index in [1.54, 1.807) is 4.90 Å². The van der Waals surface area contributed by atoms with Crippen molar-refractivity contribution < 1.29 is 4.79 Å². The lowest BCUT2D eigenvalue weighted by Gasteiger charge is -2.27. The zero-order valence-corrected chi connectivity index (χ0v) is 10.9. The lowest BCUT2D eigenvalue weighted by molar-refractivity contribution is -0.127. The van der Waals surface area contributed by atoms with Gasteiger partial charge in [0.25, 0.3) is 0 Å². The van der Waals surface area contributed by atoms with E-state index in [1.807, 2.05) is 6.92 Å². The van der Waals surface area contributed by atoms with Crippen LogP contribution in [0.1, 0.15) is 27.2 Å². The van der Waals surface area contributed by atoms with Gasteiger partial charge in [-0.2, -0.15) is 5.26 Å². The van der Waals surface area contributed by atoms with Gasteiger partial charge >= 0.3 is 0 Å². The summed E-state index contributed by atoms with van der Waals surface area (Å²) in [6.07, 6.45) is 0.402. The minimum absolute atomic E-state index is 0.0884. The first-order valence-electron chi connectivity index (χ1n) is 6.11. The minimum atomic E-state index is 0.0884. The number of amides is 1. The number of carbonyl (C=O) groups excluding carboxylic acids is 1. The summed E-state index contributed by atoms with van der Waals surface area (Å²) >= 11 is 0. The van der Waals surface area contributed by atoms with E-state index in [0.717, 1.165) is 25.2 Å². The summed E-state index contributed by atoms with van der Waals surface area (Å²) < 4.78 is 0. The van der Waals surface area contributed by atoms with Gasteiger partial charge in [0.05, 0.1) is 12.5 Å². The zero-order chi connectivity index (χ0) is 12.8. The molecule has 0 aromatic carbocycles. The summed E-state index contributed by atoms with van der Waals surface area (Å²) in [5, 5.41) is 11.8. The van der Waals surface area contributed by atoms with Crippen LogP contribution in [-0.2, 0) is 4.79 Å². The summed E-state index contributed by atoms with van der Waals surface area (Å²) in [6.45, 7) is 8.96. The Kier molecular flexibility index (Phi) is 5.17. The van der Waals surface area contributed by atoms with Crippen LogP contribution in [0.2, 0.25) is 0 Å². The second-order valence-corrected chi connectivity index (χ2v) is 4.89. The maximum absolute atomic E-state index is 12.2. The van der Waals surface area contributed by atoms with Gasteiger partial charge in [0.1, 0.15) is 0 Å². The Balaban J connectivity index is 2.68. The molecule has 0 atom stereocenters. The van der Waals surface area contributed by atoms with Gasteiger partial charge in [-0.15, -0.1) is 0 Å². The Hall–Kier alpha value is -1.34. The molecule has 4 nitrogen and oxygen atoms in total. The standard InChI is InChI=1S/C13H21N3O/c1-10(2)9-16(6-4-5-14)13(17)11(3)12-7-15-8-12/h10,15H,4,6-9H2,1-3H3. The van der Waals surface area contributed by atoms with E-state index in [4.69, 9.17) is 5.26 Å². The summed E-state index contributed by atoms with van der Waals surface area (Å²) in [5.74, 6) is 0.514. The van der Waals surface area contributed by atoms with E-state index in [-0.39, 0.29) is 5.91 Å². The molecule has 1 aliphatic rings. The van der Waals surface area contributed by atoms with E-state index < -0.39 is 0 Å². The molecule has 1 N–H and O–H groups in total. The van der Waals surface area contributed by atoms with Gasteiger partial charge in [0, 0.05) is 31.8 Å². The van der Waals surface area contributed by atoms with E-state index in [0.29, 0.717) is 18.9 Å². The lowest BCUT2D eigenvalue weighted by atomic mass is 10.0. The molecule has 0 bridgehead atoms. The molecule has 0 aliphatic carbocycles. The quantitative estimate of drug-likeness (QED) is 0.731. The van der Waals surface area contributed by atoms with E-state index in [1.165, 1.54) is 5.57 Å². The average molecular weight is 235 g/mol. The molecule has 17 heavy (non-hydrogen) atoms. The number of nitrogens with zero attached hydrogens (tertiary/aromatic N) is 2. The highest BCUT2D eigenvalue weighted by molar-refractivity contribution is 5.94. The van der Waals surface area contributed by atoms with Gasteiger partial charge in [-0.25, -0.2) is 0 Å². The molecule has 1 amide bonds. The molecular weight excluding hydrogens is 214 g/mol. The van der Waals surface area contributed by atoms with Crippen molar-refractivity contribution in [3.8, 4) is 6.07 Å². The fourth-order valence-corrected chi connectivity index (χ4v) is 1.81. The molecule has 1 fully saturated rings. The molecule has 1 saturated heterocycles. The average Bonchev–Trinajstić information content (AvgIpc) is 2.20. The van der Waals surface area contributed by atoms with Crippen LogP contribution in [-0.4, -0.2) is 37.0 Å². The van der Waals surface area contributed by atoms with Gasteiger partial charge in [-0.1, -0.05) is 13.8 Å². The van der Waals surface area contributed by atoms with Crippen molar-refractivity contribution in [1.82, 2.24) is 10.2 Å². The molecule has 0 aromatic heterocycles. The van der Waals surface area contributed by atoms with Crippen molar-refractivity contribution in [2.75, 3.05) is 26.2 Å². The number of rotatable bonds is 5. The van der Waals surface area contributed by atoms with Crippen molar-refractivity contribution in [2.24, 2.45) is 5.92 Å². The van der Waals surface area contributed by atoms with E-state index in [9.17, 15) is 4.79 Å². The number of nitrogens with one attached hydrogen (secondary N) is 1. The van der Waals surface area contributed by atoms with Gasteiger partial charge < -0.3 is 10.2 Å². The second kappa shape index (κ2) is 6.41. The predicted molar refractivity (Wildman–Crippen MR) is 67.2 cm³/mol. The third kappa shape index (κ3) is 3.86. The fourth-order valence-electron chi connectivity index (χ4n) is 1.81. The van der Waals surface area contributed by atoms with E-state index >= 15 is 0 Å². The topological polar surface area (TPSA) is 56.1 Å². The number of carbonyl (C=O) groups is 1. The van der Waals surface area contributed by atoms with Crippen LogP contribution in [0.4, 0.5) is 0 Å². The van der Waals surface area contributed by atoms with Crippen molar-refractivity contribution in [3.05, 3.63) is 11.1 Å². The Morgan fingerprint density at radius 3 is 2.59 bits per heavy atom. The van der Waals surface area contributed by atoms with Crippen LogP contribution in [0, 0.1) is 17.2 Å². The van der Waals surface area contributed by atoms with Gasteiger partial charge in [0.15, 0.2) is 0 Å². The molecule has 0 spiro atoms. The smallest absolute Gasteiger partial charge is 0.249 e. The van der Waals surface area contributed by atoms with Crippen LogP contribution in [0.5, 0.6) is 0 Å². The van der Waals surface area contributed by atoms with Gasteiger partial charge in [-0.3, -0.25) is 4.79 Å². The summed E-state index contributed by atoms with van der Waals surface area (Å²) in [5.41, 5.74) is 2.04. The molecule has 0 radical (unpaired) electrons. The van der Waals surface area contributed by atoms with Crippen LogP contribution in [0.3, 0.4) is 0 Å². The number of hydrogen-bond acceptors (Lipinski definition) is 3. The molecule has 1 rings (SSSR count). The van der Waals surface area contributed by atoms with E-state index in [2.05, 4.69) is 25.2 Å². The second-order valence-electron chi connectivity index (χ2n) is 4.89. The Labute approximate surface area is 103 Å². The maximum atomic E-state index is 12.2. The fraction of sp³-hybridized carbons (Fsp3) is 0.692. The predicted octanol–water partition coefficient (Wildman–Crippen LogP) is 1.30. The Morgan fingerprint density at radius 2 is 2.18 bits per heavy atom. The molecule has 4 heteroatoms. The molecular formula is C13H21N3O. The van der Waals surface area contributed by atoms with Crippen LogP contribution in [0.25, 0.3) is 0 Å². The number of hydrogen-bond donors (Lipinski definition) is 1. The van der Waals surface area contributed by atoms with Crippen LogP contribution < -0.4 is 5.32 Å². The number of nitriles is 1. The third-order valence-corrected chi connectivity index (χ3v) is 2.89. The SMILES string of the molecule is CC(C(=O)N(CCC#N)CC(C)C)=C1CNC1. The van der Waals surface area contributed by atoms with Crippen LogP contribution in [0.15, 0.2) is 11.1 Å². The van der Waals surface area contributed by atoms with Crippen molar-refractivity contribution in [2.45, 2.75) is 27.2 Å². The van der Waals surface area contributed by atoms with Crippen molar-refractivity contribution in [1.29, 1.82) is 5.26 Å². The van der Waals surface area contributed by atoms with Crippen LogP contribution >= 0.6 is 0 Å². The molecule has 0 unspecified atom stereocenters. The van der Waals surface area contributed by atoms with Crippen molar-refractivity contribution in [3.63, 3.8) is 0 Å². The highest BCUT2D eigenvalue weighted by atomic mass is 16.2. The normalized spacial score (nSPS) is 14.2. The lowest BCUT2D eigenvalue weighted by Crippen LogP contribution is -2.40. The first kappa shape index (κ1) is 13.7. The Morgan fingerprint density at radius 1 is 1.53 bits per heavy atom. The summed E-state index contributed by atoms with van der Waals surface area (Å²) in [6, 6.07) is 2.10. The Bertz CT molecular complexity index is 346.